The zero-order valence-corrected chi connectivity index (χ0v) is 32.4. The highest BCUT2D eigenvalue weighted by Crippen LogP contribution is 2.76. The van der Waals surface area contributed by atoms with Crippen LogP contribution in [0, 0.1) is 50.2 Å². The van der Waals surface area contributed by atoms with Crippen LogP contribution in [0.1, 0.15) is 113 Å². The number of fused-ring (bicyclic) bond motifs is 7. The van der Waals surface area contributed by atoms with Gasteiger partial charge in [-0.05, 0) is 109 Å². The fourth-order valence-electron chi connectivity index (χ4n) is 12.7. The molecule has 0 aromatic carbocycles. The van der Waals surface area contributed by atoms with E-state index in [0.717, 1.165) is 44.9 Å². The van der Waals surface area contributed by atoms with Crippen molar-refractivity contribution in [2.75, 3.05) is 13.2 Å². The zero-order valence-electron chi connectivity index (χ0n) is 32.4. The van der Waals surface area contributed by atoms with E-state index in [1.54, 1.807) is 0 Å². The molecule has 6 rings (SSSR count). The van der Waals surface area contributed by atoms with Gasteiger partial charge in [0.05, 0.1) is 18.1 Å². The largest absolute Gasteiger partial charge is 0.480 e. The molecule has 13 nitrogen and oxygen atoms in total. The number of aliphatic carboxylic acids is 2. The Morgan fingerprint density at radius 2 is 1.55 bits per heavy atom. The highest BCUT2D eigenvalue weighted by molar-refractivity contribution is 5.79. The van der Waals surface area contributed by atoms with Crippen molar-refractivity contribution in [3.8, 4) is 0 Å². The molecule has 0 aromatic rings. The molecule has 1 saturated heterocycles. The molecule has 0 amide bonds. The monoisotopic (exact) mass is 750 g/mol. The first kappa shape index (κ1) is 40.5. The second-order valence-corrected chi connectivity index (χ2v) is 19.3. The Balaban J connectivity index is 1.29. The number of esters is 1. The Labute approximate surface area is 312 Å². The first-order valence-corrected chi connectivity index (χ1v) is 19.5. The third kappa shape index (κ3) is 6.38. The van der Waals surface area contributed by atoms with E-state index in [1.165, 1.54) is 5.57 Å². The van der Waals surface area contributed by atoms with Gasteiger partial charge < -0.3 is 49.6 Å². The lowest BCUT2D eigenvalue weighted by Gasteiger charge is -2.71. The van der Waals surface area contributed by atoms with Gasteiger partial charge in [-0.2, -0.15) is 0 Å². The Kier molecular flexibility index (Phi) is 10.6. The van der Waals surface area contributed by atoms with Crippen molar-refractivity contribution in [2.45, 2.75) is 156 Å². The van der Waals surface area contributed by atoms with Crippen LogP contribution in [0.3, 0.4) is 0 Å². The van der Waals surface area contributed by atoms with Gasteiger partial charge >= 0.3 is 17.9 Å². The summed E-state index contributed by atoms with van der Waals surface area (Å²) in [6.45, 7) is 14.6. The van der Waals surface area contributed by atoms with Gasteiger partial charge in [-0.15, -0.1) is 0 Å². The smallest absolute Gasteiger partial charge is 0.361 e. The normalized spacial score (nSPS) is 46.3. The molecule has 0 spiro atoms. The molecule has 4 saturated carbocycles. The van der Waals surface area contributed by atoms with E-state index < -0.39 is 85.1 Å². The molecule has 6 N–H and O–H groups in total. The van der Waals surface area contributed by atoms with Gasteiger partial charge in [0.1, 0.15) is 31.0 Å². The minimum Gasteiger partial charge on any atom is -0.480 e. The molecule has 300 valence electrons. The Hall–Kier alpha value is -2.13. The molecule has 6 aliphatic rings. The molecule has 0 aromatic heterocycles. The van der Waals surface area contributed by atoms with Crippen LogP contribution in [-0.4, -0.2) is 105 Å². The summed E-state index contributed by atoms with van der Waals surface area (Å²) in [6.07, 6.45) is 0.469. The summed E-state index contributed by atoms with van der Waals surface area (Å²) >= 11 is 0. The van der Waals surface area contributed by atoms with Crippen LogP contribution in [0.25, 0.3) is 0 Å². The summed E-state index contributed by atoms with van der Waals surface area (Å²) in [5.41, 5.74) is -0.402. The van der Waals surface area contributed by atoms with Gasteiger partial charge in [-0.1, -0.05) is 60.1 Å². The lowest BCUT2D eigenvalue weighted by atomic mass is 9.33. The van der Waals surface area contributed by atoms with Crippen molar-refractivity contribution in [3.05, 3.63) is 11.6 Å². The molecule has 1 aliphatic heterocycles. The van der Waals surface area contributed by atoms with Crippen LogP contribution in [0.5, 0.6) is 0 Å². The minimum absolute atomic E-state index is 0.0253. The van der Waals surface area contributed by atoms with E-state index >= 15 is 0 Å². The highest BCUT2D eigenvalue weighted by atomic mass is 16.7. The number of carbonyl (C=O) groups excluding carboxylic acids is 1. The summed E-state index contributed by atoms with van der Waals surface area (Å²) in [6, 6.07) is 0. The van der Waals surface area contributed by atoms with Crippen LogP contribution in [-0.2, 0) is 33.3 Å². The molecule has 5 aliphatic carbocycles. The SMILES string of the molecule is CC1(C)CC[C@]2(C(=O)O[C@@H]3O[C@H](CO)[C@@H](O)[C@H](O)[C@H]3O)CC[C@]3(C)C(=CC[C@@H]4[C@@]5(C)CC[C@H](O[C@H](OCC(=O)O)C(=O)O)C(C)(C)C5CC[C@]43C)C2C1. The van der Waals surface area contributed by atoms with Gasteiger partial charge in [0.2, 0.25) is 6.29 Å². The summed E-state index contributed by atoms with van der Waals surface area (Å²) in [5.74, 6) is -2.66. The predicted octanol–water partition coefficient (Wildman–Crippen LogP) is 4.03. The van der Waals surface area contributed by atoms with Crippen molar-refractivity contribution in [1.82, 2.24) is 0 Å². The van der Waals surface area contributed by atoms with Crippen molar-refractivity contribution < 1.29 is 64.0 Å². The highest BCUT2D eigenvalue weighted by Gasteiger charge is 2.70. The zero-order chi connectivity index (χ0) is 39.1. The minimum atomic E-state index is -1.66. The fraction of sp³-hybridized carbons (Fsp3) is 0.875. The summed E-state index contributed by atoms with van der Waals surface area (Å²) in [5, 5.41) is 60.1. The number of carbonyl (C=O) groups is 3. The van der Waals surface area contributed by atoms with E-state index in [9.17, 15) is 39.9 Å². The van der Waals surface area contributed by atoms with Crippen molar-refractivity contribution in [2.24, 2.45) is 50.2 Å². The van der Waals surface area contributed by atoms with Crippen molar-refractivity contribution in [1.29, 1.82) is 0 Å². The number of hydrogen-bond donors (Lipinski definition) is 6. The number of aliphatic hydroxyl groups is 4. The van der Waals surface area contributed by atoms with E-state index in [4.69, 9.17) is 24.1 Å². The third-order valence-corrected chi connectivity index (χ3v) is 15.9. The van der Waals surface area contributed by atoms with Crippen LogP contribution >= 0.6 is 0 Å². The predicted molar refractivity (Wildman–Crippen MR) is 189 cm³/mol. The number of ether oxygens (including phenoxy) is 4. The lowest BCUT2D eigenvalue weighted by molar-refractivity contribution is -0.297. The lowest BCUT2D eigenvalue weighted by Crippen LogP contribution is -2.65. The van der Waals surface area contributed by atoms with Gasteiger partial charge in [0.15, 0.2) is 0 Å². The molecule has 1 heterocycles. The number of hydrogen-bond acceptors (Lipinski definition) is 11. The van der Waals surface area contributed by atoms with E-state index in [1.807, 2.05) is 0 Å². The summed E-state index contributed by atoms with van der Waals surface area (Å²) in [4.78, 5) is 37.6. The number of rotatable bonds is 9. The van der Waals surface area contributed by atoms with Crippen molar-refractivity contribution in [3.63, 3.8) is 0 Å². The van der Waals surface area contributed by atoms with Gasteiger partial charge in [-0.3, -0.25) is 4.79 Å². The topological polar surface area (TPSA) is 210 Å². The maximum absolute atomic E-state index is 14.5. The first-order valence-electron chi connectivity index (χ1n) is 19.5. The first-order chi connectivity index (χ1) is 24.6. The van der Waals surface area contributed by atoms with Crippen molar-refractivity contribution >= 4 is 17.9 Å². The quantitative estimate of drug-likeness (QED) is 0.112. The van der Waals surface area contributed by atoms with Crippen LogP contribution < -0.4 is 0 Å². The Morgan fingerprint density at radius 1 is 0.868 bits per heavy atom. The summed E-state index contributed by atoms with van der Waals surface area (Å²) in [7, 11) is 0. The molecule has 14 atom stereocenters. The second-order valence-electron chi connectivity index (χ2n) is 19.3. The number of carboxylic acids is 2. The van der Waals surface area contributed by atoms with Gasteiger partial charge in [0, 0.05) is 0 Å². The molecule has 2 unspecified atom stereocenters. The molecular weight excluding hydrogens is 688 g/mol. The second kappa shape index (κ2) is 13.8. The Bertz CT molecular complexity index is 1470. The molecule has 0 radical (unpaired) electrons. The van der Waals surface area contributed by atoms with Gasteiger partial charge in [0.25, 0.3) is 6.29 Å². The molecule has 53 heavy (non-hydrogen) atoms. The maximum atomic E-state index is 14.5. The van der Waals surface area contributed by atoms with E-state index in [2.05, 4.69) is 54.5 Å². The van der Waals surface area contributed by atoms with Crippen LogP contribution in [0.15, 0.2) is 11.6 Å². The Morgan fingerprint density at radius 3 is 2.19 bits per heavy atom. The maximum Gasteiger partial charge on any atom is 0.361 e. The number of carboxylic acid groups (broad SMARTS) is 2. The third-order valence-electron chi connectivity index (χ3n) is 15.9. The number of aliphatic hydroxyl groups excluding tert-OH is 4. The molecular formula is C40H62O13. The molecule has 13 heteroatoms. The van der Waals surface area contributed by atoms with E-state index in [-0.39, 0.29) is 33.5 Å². The molecule has 5 fully saturated rings. The number of allylic oxidation sites excluding steroid dienone is 2. The molecule has 0 bridgehead atoms. The summed E-state index contributed by atoms with van der Waals surface area (Å²) < 4.78 is 22.8. The average molecular weight is 751 g/mol. The van der Waals surface area contributed by atoms with Crippen LogP contribution in [0.4, 0.5) is 0 Å². The standard InChI is InChI=1S/C40H62O13/c1-35(2)14-16-40(34(49)53-32-30(46)29(45)28(44)23(19-41)51-32)17-15-38(6)21(22(40)18-35)8-9-25-37(5)12-11-26(52-33(31(47)48)50-20-27(42)43)36(3,4)24(37)10-13-39(25,38)7/h8,22-26,28-30,32-33,41,44-46H,9-20H2,1-7H3,(H,42,43)(H,47,48)/t22?,23-,24?,25-,26+,28-,29+,30-,32+,33+,37+,38-,39-,40+/m1/s1. The fourth-order valence-corrected chi connectivity index (χ4v) is 12.7. The average Bonchev–Trinajstić information content (AvgIpc) is 3.07. The van der Waals surface area contributed by atoms with Crippen LogP contribution in [0.2, 0.25) is 0 Å². The van der Waals surface area contributed by atoms with E-state index in [0.29, 0.717) is 25.2 Å². The van der Waals surface area contributed by atoms with Gasteiger partial charge in [-0.25, -0.2) is 9.59 Å².